The standard InChI is InChI=1S/C43H57N7O6.C7H11NO.C2H6/c1-9-49-39(33-16-13-17-44-37(33)29(4)55-8)35(23-43(5,6)25-56-27-52)34-22-32(24-45-40(34)49)31-15-12-14-30(20-31)21-36(42(54)50-19-11-10-18-46-50)47-41(53)38(28(2)3)48(7)26-51;1-2-7(9)8-5-3-4-6-8;1-2/h12-17,20,22,24,26-29,36,38,46H,9-11,18-19,21,23,25H2,1-8H3,(H,47,53);2H,1,3-6H2;1-2H3. The summed E-state index contributed by atoms with van der Waals surface area (Å²) in [5.74, 6) is -0.686. The molecule has 2 aliphatic heterocycles. The summed E-state index contributed by atoms with van der Waals surface area (Å²) in [6, 6.07) is 12.5. The molecule has 3 aromatic heterocycles. The van der Waals surface area contributed by atoms with E-state index < -0.39 is 17.5 Å². The average molecular weight is 923 g/mol. The van der Waals surface area contributed by atoms with E-state index in [0.717, 1.165) is 89.0 Å². The molecule has 364 valence electrons. The highest BCUT2D eigenvalue weighted by Gasteiger charge is 2.33. The number of likely N-dealkylation sites (tertiary alicyclic amines) is 1. The number of likely N-dealkylation sites (N-methyl/N-ethyl adjacent to an activating group) is 1. The molecule has 0 saturated carbocycles. The number of nitrogens with one attached hydrogen (secondary N) is 2. The second-order valence-electron chi connectivity index (χ2n) is 18.0. The third kappa shape index (κ3) is 13.8. The lowest BCUT2D eigenvalue weighted by atomic mass is 9.84. The number of methoxy groups -OCH3 is 1. The van der Waals surface area contributed by atoms with Crippen molar-refractivity contribution in [3.63, 3.8) is 0 Å². The fourth-order valence-electron chi connectivity index (χ4n) is 8.81. The SMILES string of the molecule is C=CC(=O)N1CCCC1.CC.CCn1c(-c2cccnc2C(C)OC)c(CC(C)(C)COC=O)c2cc(-c3cccc(CC(NC(=O)C(C(C)C)N(C)C=O)C(=O)N4CCCCN4)c3)cnc21. The summed E-state index contributed by atoms with van der Waals surface area (Å²) in [6.45, 7) is 23.8. The lowest BCUT2D eigenvalue weighted by molar-refractivity contribution is -0.142. The normalized spacial score (nSPS) is 15.0. The van der Waals surface area contributed by atoms with Gasteiger partial charge in [-0.2, -0.15) is 0 Å². The van der Waals surface area contributed by atoms with Crippen molar-refractivity contribution >= 4 is 41.6 Å². The first-order valence-corrected chi connectivity index (χ1v) is 23.8. The first kappa shape index (κ1) is 53.7. The van der Waals surface area contributed by atoms with Crippen molar-refractivity contribution in [1.82, 2.24) is 40.1 Å². The Morgan fingerprint density at radius 1 is 0.985 bits per heavy atom. The minimum absolute atomic E-state index is 0.0764. The van der Waals surface area contributed by atoms with E-state index in [1.807, 2.05) is 76.0 Å². The van der Waals surface area contributed by atoms with Gasteiger partial charge in [-0.1, -0.05) is 72.4 Å². The smallest absolute Gasteiger partial charge is 0.293 e. The lowest BCUT2D eigenvalue weighted by Gasteiger charge is -2.33. The van der Waals surface area contributed by atoms with E-state index in [4.69, 9.17) is 19.4 Å². The lowest BCUT2D eigenvalue weighted by Crippen LogP contribution is -2.58. The summed E-state index contributed by atoms with van der Waals surface area (Å²) < 4.78 is 13.3. The second kappa shape index (κ2) is 25.8. The molecule has 1 aromatic carbocycles. The van der Waals surface area contributed by atoms with Crippen molar-refractivity contribution in [2.24, 2.45) is 11.3 Å². The monoisotopic (exact) mass is 923 g/mol. The van der Waals surface area contributed by atoms with Crippen LogP contribution in [0.3, 0.4) is 0 Å². The number of carbonyl (C=O) groups excluding carboxylic acids is 5. The molecule has 3 atom stereocenters. The fraction of sp³-hybridized carbons (Fsp3) is 0.519. The molecular weight excluding hydrogens is 849 g/mol. The van der Waals surface area contributed by atoms with Crippen molar-refractivity contribution in [3.8, 4) is 22.4 Å². The van der Waals surface area contributed by atoms with Gasteiger partial charge in [-0.25, -0.2) is 10.4 Å². The Bertz CT molecular complexity index is 2280. The summed E-state index contributed by atoms with van der Waals surface area (Å²) in [7, 11) is 3.25. The Morgan fingerprint density at radius 2 is 1.70 bits per heavy atom. The number of nitrogens with zero attached hydrogens (tertiary/aromatic N) is 6. The summed E-state index contributed by atoms with van der Waals surface area (Å²) >= 11 is 0. The van der Waals surface area contributed by atoms with Gasteiger partial charge in [-0.15, -0.1) is 0 Å². The van der Waals surface area contributed by atoms with Gasteiger partial charge in [0.15, 0.2) is 0 Å². The van der Waals surface area contributed by atoms with E-state index in [0.29, 0.717) is 38.9 Å². The highest BCUT2D eigenvalue weighted by atomic mass is 16.5. The molecule has 2 aliphatic rings. The van der Waals surface area contributed by atoms with Crippen LogP contribution in [-0.4, -0.2) is 119 Å². The van der Waals surface area contributed by atoms with Crippen molar-refractivity contribution in [1.29, 1.82) is 0 Å². The zero-order valence-corrected chi connectivity index (χ0v) is 41.5. The minimum atomic E-state index is -0.864. The van der Waals surface area contributed by atoms with Gasteiger partial charge in [0.25, 0.3) is 12.4 Å². The Kier molecular flexibility index (Phi) is 20.7. The van der Waals surface area contributed by atoms with Crippen LogP contribution in [0.1, 0.15) is 104 Å². The molecule has 0 bridgehead atoms. The molecular formula is C52H74N8O7. The maximum Gasteiger partial charge on any atom is 0.293 e. The van der Waals surface area contributed by atoms with Crippen molar-refractivity contribution in [2.75, 3.05) is 46.9 Å². The molecule has 0 aliphatic carbocycles. The molecule has 6 rings (SSSR count). The summed E-state index contributed by atoms with van der Waals surface area (Å²) in [4.78, 5) is 74.4. The Balaban J connectivity index is 0.000000788. The number of aromatic nitrogens is 3. The number of pyridine rings is 2. The zero-order chi connectivity index (χ0) is 49.3. The van der Waals surface area contributed by atoms with E-state index >= 15 is 0 Å². The Labute approximate surface area is 397 Å². The van der Waals surface area contributed by atoms with Gasteiger partial charge < -0.3 is 29.2 Å². The van der Waals surface area contributed by atoms with Crippen LogP contribution < -0.4 is 10.7 Å². The van der Waals surface area contributed by atoms with Gasteiger partial charge in [0.05, 0.1) is 24.1 Å². The van der Waals surface area contributed by atoms with Crippen LogP contribution in [0.2, 0.25) is 0 Å². The van der Waals surface area contributed by atoms with E-state index in [1.165, 1.54) is 11.0 Å². The van der Waals surface area contributed by atoms with E-state index in [2.05, 4.69) is 54.8 Å². The van der Waals surface area contributed by atoms with Crippen LogP contribution in [-0.2, 0) is 52.8 Å². The first-order valence-electron chi connectivity index (χ1n) is 23.8. The predicted octanol–water partition coefficient (Wildman–Crippen LogP) is 7.32. The van der Waals surface area contributed by atoms with Gasteiger partial charge in [0.2, 0.25) is 18.2 Å². The third-order valence-electron chi connectivity index (χ3n) is 12.1. The highest BCUT2D eigenvalue weighted by molar-refractivity contribution is 5.93. The molecule has 15 nitrogen and oxygen atoms in total. The highest BCUT2D eigenvalue weighted by Crippen LogP contribution is 2.41. The predicted molar refractivity (Wildman–Crippen MR) is 263 cm³/mol. The maximum absolute atomic E-state index is 14.0. The van der Waals surface area contributed by atoms with Crippen LogP contribution in [0.4, 0.5) is 0 Å². The number of aryl methyl sites for hydroxylation is 1. The number of rotatable bonds is 19. The van der Waals surface area contributed by atoms with E-state index in [9.17, 15) is 24.0 Å². The minimum Gasteiger partial charge on any atom is -0.467 e. The number of hydrazine groups is 1. The number of ether oxygens (including phenoxy) is 2. The molecule has 0 spiro atoms. The molecule has 4 aromatic rings. The second-order valence-corrected chi connectivity index (χ2v) is 18.0. The summed E-state index contributed by atoms with van der Waals surface area (Å²) in [6.07, 6.45) is 10.4. The quantitative estimate of drug-likeness (QED) is 0.0719. The largest absolute Gasteiger partial charge is 0.467 e. The first-order chi connectivity index (χ1) is 32.2. The molecule has 67 heavy (non-hydrogen) atoms. The Morgan fingerprint density at radius 3 is 2.31 bits per heavy atom. The van der Waals surface area contributed by atoms with Gasteiger partial charge in [0, 0.05) is 87.6 Å². The molecule has 4 amide bonds. The van der Waals surface area contributed by atoms with Crippen molar-refractivity contribution in [2.45, 2.75) is 119 Å². The van der Waals surface area contributed by atoms with Gasteiger partial charge in [-0.3, -0.25) is 34.0 Å². The molecule has 0 radical (unpaired) electrons. The van der Waals surface area contributed by atoms with E-state index in [1.54, 1.807) is 25.4 Å². The molecule has 2 fully saturated rings. The summed E-state index contributed by atoms with van der Waals surface area (Å²) in [5.41, 5.74) is 10.1. The van der Waals surface area contributed by atoms with Gasteiger partial charge in [-0.05, 0) is 92.8 Å². The molecule has 5 heterocycles. The zero-order valence-electron chi connectivity index (χ0n) is 41.5. The fourth-order valence-corrected chi connectivity index (χ4v) is 8.81. The number of amides is 4. The molecule has 3 unspecified atom stereocenters. The van der Waals surface area contributed by atoms with Gasteiger partial charge in [0.1, 0.15) is 17.7 Å². The Hall–Kier alpha value is -5.93. The maximum atomic E-state index is 14.0. The number of hydrogen-bond acceptors (Lipinski definition) is 10. The number of fused-ring (bicyclic) bond motifs is 1. The number of benzene rings is 1. The summed E-state index contributed by atoms with van der Waals surface area (Å²) in [5, 5.41) is 5.57. The van der Waals surface area contributed by atoms with E-state index in [-0.39, 0.29) is 42.8 Å². The van der Waals surface area contributed by atoms with Gasteiger partial charge >= 0.3 is 0 Å². The number of carbonyl (C=O) groups is 5. The molecule has 2 saturated heterocycles. The van der Waals surface area contributed by atoms with Crippen LogP contribution in [0.25, 0.3) is 33.4 Å². The van der Waals surface area contributed by atoms with Crippen LogP contribution in [0, 0.1) is 11.3 Å². The van der Waals surface area contributed by atoms with Crippen molar-refractivity contribution < 1.29 is 33.4 Å². The average Bonchev–Trinajstić information content (AvgIpc) is 4.00. The third-order valence-corrected chi connectivity index (χ3v) is 12.1. The van der Waals surface area contributed by atoms with Crippen LogP contribution >= 0.6 is 0 Å². The molecule has 2 N–H and O–H groups in total. The number of hydrogen-bond donors (Lipinski definition) is 2. The topological polar surface area (TPSA) is 168 Å². The molecule has 15 heteroatoms. The van der Waals surface area contributed by atoms with Crippen LogP contribution in [0.15, 0.2) is 67.5 Å². The van der Waals surface area contributed by atoms with Crippen LogP contribution in [0.5, 0.6) is 0 Å². The van der Waals surface area contributed by atoms with Crippen molar-refractivity contribution in [3.05, 3.63) is 84.3 Å².